The van der Waals surface area contributed by atoms with Crippen LogP contribution in [0.25, 0.3) is 22.1 Å². The van der Waals surface area contributed by atoms with Crippen molar-refractivity contribution in [3.05, 3.63) is 84.4 Å². The van der Waals surface area contributed by atoms with Crippen LogP contribution in [-0.4, -0.2) is 31.5 Å². The van der Waals surface area contributed by atoms with Gasteiger partial charge in [0.15, 0.2) is 11.5 Å². The fraction of sp³-hybridized carbons (Fsp3) is 0.0833. The Labute approximate surface area is 183 Å². The van der Waals surface area contributed by atoms with Gasteiger partial charge in [-0.2, -0.15) is 5.26 Å². The van der Waals surface area contributed by atoms with Crippen LogP contribution in [0, 0.1) is 11.3 Å². The van der Waals surface area contributed by atoms with Crippen molar-refractivity contribution in [3.63, 3.8) is 0 Å². The average Bonchev–Trinajstić information content (AvgIpc) is 2.85. The SMILES string of the molecule is N#Cc1cc2ccccc2nc1Oc1ccc(CCNc2ncnc3nccnc23)cc1. The third kappa shape index (κ3) is 4.00. The minimum absolute atomic E-state index is 0.303. The zero-order chi connectivity index (χ0) is 21.8. The maximum absolute atomic E-state index is 9.46. The molecule has 154 valence electrons. The molecule has 0 aliphatic rings. The van der Waals surface area contributed by atoms with E-state index in [1.165, 1.54) is 6.33 Å². The lowest BCUT2D eigenvalue weighted by Crippen LogP contribution is -2.08. The van der Waals surface area contributed by atoms with Crippen molar-refractivity contribution in [2.75, 3.05) is 11.9 Å². The van der Waals surface area contributed by atoms with E-state index in [0.717, 1.165) is 22.9 Å². The number of hydrogen-bond acceptors (Lipinski definition) is 8. The highest BCUT2D eigenvalue weighted by Gasteiger charge is 2.09. The minimum atomic E-state index is 0.303. The van der Waals surface area contributed by atoms with Crippen LogP contribution in [0.4, 0.5) is 5.82 Å². The van der Waals surface area contributed by atoms with Gasteiger partial charge in [0, 0.05) is 24.3 Å². The molecule has 3 aromatic heterocycles. The van der Waals surface area contributed by atoms with Crippen LogP contribution in [0.1, 0.15) is 11.1 Å². The molecule has 8 heteroatoms. The zero-order valence-electron chi connectivity index (χ0n) is 16.9. The Balaban J connectivity index is 1.26. The Hall–Kier alpha value is -4.64. The molecule has 3 heterocycles. The number of rotatable bonds is 6. The summed E-state index contributed by atoms with van der Waals surface area (Å²) in [4.78, 5) is 21.4. The molecule has 5 rings (SSSR count). The quantitative estimate of drug-likeness (QED) is 0.434. The topological polar surface area (TPSA) is 110 Å². The van der Waals surface area contributed by atoms with Crippen LogP contribution < -0.4 is 10.1 Å². The maximum Gasteiger partial charge on any atom is 0.237 e. The third-order valence-electron chi connectivity index (χ3n) is 4.92. The first kappa shape index (κ1) is 19.3. The van der Waals surface area contributed by atoms with E-state index < -0.39 is 0 Å². The summed E-state index contributed by atoms with van der Waals surface area (Å²) < 4.78 is 5.90. The molecule has 2 aromatic carbocycles. The van der Waals surface area contributed by atoms with Crippen LogP contribution in [0.3, 0.4) is 0 Å². The number of nitrogens with zero attached hydrogens (tertiary/aromatic N) is 6. The molecular weight excluding hydrogens is 402 g/mol. The summed E-state index contributed by atoms with van der Waals surface area (Å²) in [6.45, 7) is 0.674. The van der Waals surface area contributed by atoms with E-state index in [9.17, 15) is 5.26 Å². The average molecular weight is 419 g/mol. The number of hydrogen-bond donors (Lipinski definition) is 1. The number of fused-ring (bicyclic) bond motifs is 2. The molecule has 0 saturated heterocycles. The van der Waals surface area contributed by atoms with Crippen molar-refractivity contribution in [3.8, 4) is 17.7 Å². The smallest absolute Gasteiger partial charge is 0.237 e. The highest BCUT2D eigenvalue weighted by atomic mass is 16.5. The number of pyridine rings is 1. The third-order valence-corrected chi connectivity index (χ3v) is 4.92. The summed E-state index contributed by atoms with van der Waals surface area (Å²) in [5.74, 6) is 1.59. The Morgan fingerprint density at radius 2 is 1.78 bits per heavy atom. The molecule has 5 aromatic rings. The van der Waals surface area contributed by atoms with Crippen molar-refractivity contribution >= 4 is 27.9 Å². The van der Waals surface area contributed by atoms with Gasteiger partial charge in [-0.3, -0.25) is 0 Å². The van der Waals surface area contributed by atoms with Gasteiger partial charge in [-0.25, -0.2) is 24.9 Å². The highest BCUT2D eigenvalue weighted by molar-refractivity contribution is 5.81. The zero-order valence-corrected chi connectivity index (χ0v) is 16.9. The summed E-state index contributed by atoms with van der Waals surface area (Å²) in [5, 5.41) is 13.7. The second-order valence-electron chi connectivity index (χ2n) is 7.02. The van der Waals surface area contributed by atoms with E-state index in [0.29, 0.717) is 40.7 Å². The number of ether oxygens (including phenoxy) is 1. The van der Waals surface area contributed by atoms with E-state index in [1.807, 2.05) is 48.5 Å². The van der Waals surface area contributed by atoms with Gasteiger partial charge in [-0.1, -0.05) is 30.3 Å². The maximum atomic E-state index is 9.46. The Morgan fingerprint density at radius 3 is 2.66 bits per heavy atom. The molecule has 1 N–H and O–H groups in total. The summed E-state index contributed by atoms with van der Waals surface area (Å²) in [6.07, 6.45) is 5.49. The molecule has 0 amide bonds. The van der Waals surface area contributed by atoms with Crippen molar-refractivity contribution < 1.29 is 4.74 Å². The standard InChI is InChI=1S/C24H17N7O/c25-14-18-13-17-3-1-2-4-20(17)31-24(18)32-19-7-5-16(6-8-19)9-10-27-22-21-23(30-15-29-22)28-12-11-26-21/h1-8,11-13,15H,9-10H2,(H,27,28,29,30). The number of nitriles is 1. The van der Waals surface area contributed by atoms with Crippen LogP contribution in [-0.2, 0) is 6.42 Å². The highest BCUT2D eigenvalue weighted by Crippen LogP contribution is 2.27. The number of para-hydroxylation sites is 1. The molecule has 32 heavy (non-hydrogen) atoms. The second kappa shape index (κ2) is 8.62. The summed E-state index contributed by atoms with van der Waals surface area (Å²) >= 11 is 0. The molecule has 0 atom stereocenters. The predicted octanol–water partition coefficient (Wildman–Crippen LogP) is 4.29. The molecule has 0 radical (unpaired) electrons. The predicted molar refractivity (Wildman–Crippen MR) is 120 cm³/mol. The number of anilines is 1. The van der Waals surface area contributed by atoms with Crippen molar-refractivity contribution in [2.24, 2.45) is 0 Å². The van der Waals surface area contributed by atoms with Gasteiger partial charge in [0.2, 0.25) is 5.88 Å². The molecule has 0 saturated carbocycles. The molecule has 0 spiro atoms. The largest absolute Gasteiger partial charge is 0.438 e. The summed E-state index contributed by atoms with van der Waals surface area (Å²) in [5.41, 5.74) is 3.52. The molecule has 0 unspecified atom stereocenters. The Bertz CT molecular complexity index is 1440. The van der Waals surface area contributed by atoms with E-state index in [2.05, 4.69) is 36.3 Å². The Kier molecular flexibility index (Phi) is 5.20. The van der Waals surface area contributed by atoms with Crippen LogP contribution in [0.5, 0.6) is 11.6 Å². The fourth-order valence-electron chi connectivity index (χ4n) is 3.34. The lowest BCUT2D eigenvalue weighted by atomic mass is 10.1. The molecule has 8 nitrogen and oxygen atoms in total. The minimum Gasteiger partial charge on any atom is -0.438 e. The van der Waals surface area contributed by atoms with Crippen molar-refractivity contribution in [1.82, 2.24) is 24.9 Å². The van der Waals surface area contributed by atoms with E-state index in [4.69, 9.17) is 4.74 Å². The van der Waals surface area contributed by atoms with Crippen LogP contribution in [0.2, 0.25) is 0 Å². The van der Waals surface area contributed by atoms with E-state index >= 15 is 0 Å². The lowest BCUT2D eigenvalue weighted by Gasteiger charge is -2.09. The summed E-state index contributed by atoms with van der Waals surface area (Å²) in [6, 6.07) is 19.3. The molecule has 0 bridgehead atoms. The van der Waals surface area contributed by atoms with Crippen LogP contribution in [0.15, 0.2) is 73.3 Å². The van der Waals surface area contributed by atoms with E-state index in [1.54, 1.807) is 18.5 Å². The van der Waals surface area contributed by atoms with Crippen molar-refractivity contribution in [1.29, 1.82) is 5.26 Å². The monoisotopic (exact) mass is 419 g/mol. The molecule has 0 aliphatic heterocycles. The number of nitrogens with one attached hydrogen (secondary N) is 1. The van der Waals surface area contributed by atoms with Gasteiger partial charge < -0.3 is 10.1 Å². The first-order chi connectivity index (χ1) is 15.8. The number of aromatic nitrogens is 5. The van der Waals surface area contributed by atoms with Crippen LogP contribution >= 0.6 is 0 Å². The first-order valence-electron chi connectivity index (χ1n) is 10.0. The van der Waals surface area contributed by atoms with E-state index in [-0.39, 0.29) is 0 Å². The van der Waals surface area contributed by atoms with Gasteiger partial charge in [-0.15, -0.1) is 0 Å². The Morgan fingerprint density at radius 1 is 0.938 bits per heavy atom. The van der Waals surface area contributed by atoms with Gasteiger partial charge in [0.1, 0.15) is 29.2 Å². The molecular formula is C24H17N7O. The lowest BCUT2D eigenvalue weighted by molar-refractivity contribution is 0.463. The summed E-state index contributed by atoms with van der Waals surface area (Å²) in [7, 11) is 0. The van der Waals surface area contributed by atoms with Gasteiger partial charge in [-0.05, 0) is 36.2 Å². The van der Waals surface area contributed by atoms with Gasteiger partial charge >= 0.3 is 0 Å². The first-order valence-corrected chi connectivity index (χ1v) is 10.0. The normalized spacial score (nSPS) is 10.7. The molecule has 0 fully saturated rings. The second-order valence-corrected chi connectivity index (χ2v) is 7.02. The molecule has 0 aliphatic carbocycles. The number of benzene rings is 2. The van der Waals surface area contributed by atoms with Gasteiger partial charge in [0.25, 0.3) is 0 Å². The van der Waals surface area contributed by atoms with Crippen molar-refractivity contribution in [2.45, 2.75) is 6.42 Å². The van der Waals surface area contributed by atoms with Gasteiger partial charge in [0.05, 0.1) is 5.52 Å². The fourth-order valence-corrected chi connectivity index (χ4v) is 3.34.